The van der Waals surface area contributed by atoms with Crippen molar-refractivity contribution in [1.82, 2.24) is 0 Å². The van der Waals surface area contributed by atoms with E-state index in [1.807, 2.05) is 0 Å². The van der Waals surface area contributed by atoms with Crippen molar-refractivity contribution in [3.05, 3.63) is 47.5 Å². The van der Waals surface area contributed by atoms with E-state index in [0.29, 0.717) is 6.42 Å². The van der Waals surface area contributed by atoms with Crippen molar-refractivity contribution in [1.29, 1.82) is 0 Å². The van der Waals surface area contributed by atoms with Crippen LogP contribution in [0.5, 0.6) is 23.0 Å². The molecule has 1 unspecified atom stereocenters. The largest absolute Gasteiger partial charge is 0.508 e. The van der Waals surface area contributed by atoms with E-state index < -0.39 is 55.1 Å². The van der Waals surface area contributed by atoms with Crippen molar-refractivity contribution in [2.75, 3.05) is 13.2 Å². The maximum absolute atomic E-state index is 12.8. The Hall–Kier alpha value is -2.89. The monoisotopic (exact) mass is 452 g/mol. The average molecular weight is 452 g/mol. The van der Waals surface area contributed by atoms with Crippen molar-refractivity contribution < 1.29 is 50.0 Å². The Balaban J connectivity index is 2.25. The van der Waals surface area contributed by atoms with E-state index >= 15 is 0 Å². The lowest BCUT2D eigenvalue weighted by molar-refractivity contribution is -0.201. The van der Waals surface area contributed by atoms with E-state index in [2.05, 4.69) is 0 Å². The van der Waals surface area contributed by atoms with Gasteiger partial charge in [-0.05, 0) is 31.0 Å². The van der Waals surface area contributed by atoms with Gasteiger partial charge in [0, 0.05) is 18.6 Å². The minimum atomic E-state index is -1.52. The van der Waals surface area contributed by atoms with Crippen LogP contribution in [0.25, 0.3) is 0 Å². The van der Waals surface area contributed by atoms with Crippen molar-refractivity contribution in [3.63, 3.8) is 0 Å². The first-order valence-electron chi connectivity index (χ1n) is 9.93. The van der Waals surface area contributed by atoms with Crippen LogP contribution in [0, 0.1) is 0 Å². The number of carbonyl (C=O) groups excluding carboxylic acids is 1. The molecule has 2 aromatic rings. The average Bonchev–Trinajstić information content (AvgIpc) is 2.74. The molecule has 4 atom stereocenters. The highest BCUT2D eigenvalue weighted by Crippen LogP contribution is 2.35. The number of ketones is 1. The number of benzene rings is 2. The molecule has 0 bridgehead atoms. The second-order valence-electron chi connectivity index (χ2n) is 7.26. The standard InChI is InChI=1S/C22H28O10/c1-12(25)22(32-20(11-24)18(30)10-23)31-19-9-15(27)8-17(29)21(19)16(28)7-4-13-2-5-14(26)6-3-13/h2-3,5-6,8-9,12,18,20,22-27,29-30H,4,7,10-11H2,1H3/t12-,18-,20?,22+/m0/s1. The molecule has 2 rings (SSSR count). The fraction of sp³-hybridized carbons (Fsp3) is 0.409. The number of hydrogen-bond acceptors (Lipinski definition) is 10. The van der Waals surface area contributed by atoms with Gasteiger partial charge in [0.15, 0.2) is 5.78 Å². The van der Waals surface area contributed by atoms with E-state index in [0.717, 1.165) is 17.7 Å². The Kier molecular flexibility index (Phi) is 9.24. The molecule has 0 aliphatic rings. The number of aliphatic hydroxyl groups excluding tert-OH is 4. The molecule has 10 nitrogen and oxygen atoms in total. The number of aryl methyl sites for hydroxylation is 1. The molecule has 0 heterocycles. The van der Waals surface area contributed by atoms with Gasteiger partial charge < -0.3 is 45.2 Å². The first-order chi connectivity index (χ1) is 15.2. The molecule has 176 valence electrons. The molecule has 0 saturated heterocycles. The summed E-state index contributed by atoms with van der Waals surface area (Å²) in [6.07, 6.45) is -5.35. The van der Waals surface area contributed by atoms with Gasteiger partial charge in [0.25, 0.3) is 0 Å². The maximum Gasteiger partial charge on any atom is 0.226 e. The number of phenols is 3. The van der Waals surface area contributed by atoms with E-state index in [1.165, 1.54) is 19.1 Å². The summed E-state index contributed by atoms with van der Waals surface area (Å²) in [5.41, 5.74) is 0.518. The number of rotatable bonds is 12. The van der Waals surface area contributed by atoms with Gasteiger partial charge in [-0.25, -0.2) is 0 Å². The number of Topliss-reactive ketones (excluding diaryl/α,β-unsaturated/α-hetero) is 1. The van der Waals surface area contributed by atoms with Crippen molar-refractivity contribution in [2.45, 2.75) is 44.4 Å². The Labute approximate surface area is 184 Å². The summed E-state index contributed by atoms with van der Waals surface area (Å²) >= 11 is 0. The van der Waals surface area contributed by atoms with Crippen LogP contribution in [0.3, 0.4) is 0 Å². The molecule has 0 aliphatic heterocycles. The topological polar surface area (TPSA) is 177 Å². The predicted molar refractivity (Wildman–Crippen MR) is 112 cm³/mol. The second-order valence-corrected chi connectivity index (χ2v) is 7.26. The van der Waals surface area contributed by atoms with Crippen LogP contribution in [0.4, 0.5) is 0 Å². The number of carbonyl (C=O) groups is 1. The summed E-state index contributed by atoms with van der Waals surface area (Å²) in [5.74, 6) is -1.67. The van der Waals surface area contributed by atoms with Crippen molar-refractivity contribution in [2.24, 2.45) is 0 Å². The van der Waals surface area contributed by atoms with Crippen LogP contribution >= 0.6 is 0 Å². The predicted octanol–water partition coefficient (Wildman–Crippen LogP) is 0.435. The fourth-order valence-electron chi connectivity index (χ4n) is 2.92. The highest BCUT2D eigenvalue weighted by Gasteiger charge is 2.29. The zero-order chi connectivity index (χ0) is 23.8. The lowest BCUT2D eigenvalue weighted by Crippen LogP contribution is -2.43. The molecule has 32 heavy (non-hydrogen) atoms. The Morgan fingerprint density at radius 3 is 2.19 bits per heavy atom. The number of aliphatic hydroxyl groups is 4. The van der Waals surface area contributed by atoms with Crippen LogP contribution in [0.15, 0.2) is 36.4 Å². The summed E-state index contributed by atoms with van der Waals surface area (Å²) in [7, 11) is 0. The van der Waals surface area contributed by atoms with Crippen LogP contribution in [0.2, 0.25) is 0 Å². The molecule has 0 aliphatic carbocycles. The SMILES string of the molecule is C[C@H](O)[C@H](Oc1cc(O)cc(O)c1C(=O)CCc1ccc(O)cc1)OC(CO)[C@@H](O)CO. The van der Waals surface area contributed by atoms with E-state index in [1.54, 1.807) is 12.1 Å². The third-order valence-corrected chi connectivity index (χ3v) is 4.66. The molecule has 2 aromatic carbocycles. The zero-order valence-corrected chi connectivity index (χ0v) is 17.5. The van der Waals surface area contributed by atoms with Gasteiger partial charge in [-0.2, -0.15) is 0 Å². The number of phenolic OH excluding ortho intramolecular Hbond substituents is 3. The van der Waals surface area contributed by atoms with Gasteiger partial charge >= 0.3 is 0 Å². The van der Waals surface area contributed by atoms with Gasteiger partial charge in [0.2, 0.25) is 6.29 Å². The van der Waals surface area contributed by atoms with Crippen molar-refractivity contribution in [3.8, 4) is 23.0 Å². The quantitative estimate of drug-likeness (QED) is 0.177. The third-order valence-electron chi connectivity index (χ3n) is 4.66. The highest BCUT2D eigenvalue weighted by atomic mass is 16.7. The van der Waals surface area contributed by atoms with E-state index in [-0.39, 0.29) is 23.5 Å². The Morgan fingerprint density at radius 2 is 1.62 bits per heavy atom. The van der Waals surface area contributed by atoms with Crippen LogP contribution < -0.4 is 4.74 Å². The van der Waals surface area contributed by atoms with Gasteiger partial charge in [-0.1, -0.05) is 12.1 Å². The zero-order valence-electron chi connectivity index (χ0n) is 17.5. The van der Waals surface area contributed by atoms with Crippen molar-refractivity contribution >= 4 is 5.78 Å². The summed E-state index contributed by atoms with van der Waals surface area (Å²) < 4.78 is 10.9. The van der Waals surface area contributed by atoms with Gasteiger partial charge in [0.1, 0.15) is 46.9 Å². The second kappa shape index (κ2) is 11.7. The van der Waals surface area contributed by atoms with Gasteiger partial charge in [0.05, 0.1) is 13.2 Å². The lowest BCUT2D eigenvalue weighted by atomic mass is 10.0. The van der Waals surface area contributed by atoms with E-state index in [9.17, 15) is 35.4 Å². The summed E-state index contributed by atoms with van der Waals surface area (Å²) in [5, 5.41) is 67.6. The molecule has 0 aromatic heterocycles. The molecule has 0 amide bonds. The maximum atomic E-state index is 12.8. The number of hydrogen-bond donors (Lipinski definition) is 7. The first kappa shape index (κ1) is 25.4. The fourth-order valence-corrected chi connectivity index (χ4v) is 2.92. The molecule has 0 saturated carbocycles. The summed E-state index contributed by atoms with van der Waals surface area (Å²) in [6, 6.07) is 8.28. The molecule has 0 fully saturated rings. The minimum Gasteiger partial charge on any atom is -0.508 e. The van der Waals surface area contributed by atoms with Gasteiger partial charge in [-0.15, -0.1) is 0 Å². The van der Waals surface area contributed by atoms with E-state index in [4.69, 9.17) is 14.6 Å². The molecular formula is C22H28O10. The number of aromatic hydroxyl groups is 3. The number of ether oxygens (including phenoxy) is 2. The Morgan fingerprint density at radius 1 is 0.969 bits per heavy atom. The molecular weight excluding hydrogens is 424 g/mol. The smallest absolute Gasteiger partial charge is 0.226 e. The highest BCUT2D eigenvalue weighted by molar-refractivity contribution is 6.01. The Bertz CT molecular complexity index is 881. The summed E-state index contributed by atoms with van der Waals surface area (Å²) in [4.78, 5) is 12.8. The normalized spacial score (nSPS) is 15.0. The van der Waals surface area contributed by atoms with Crippen LogP contribution in [-0.4, -0.2) is 79.3 Å². The third kappa shape index (κ3) is 6.81. The summed E-state index contributed by atoms with van der Waals surface area (Å²) in [6.45, 7) is -0.122. The van der Waals surface area contributed by atoms with Gasteiger partial charge in [-0.3, -0.25) is 4.79 Å². The first-order valence-corrected chi connectivity index (χ1v) is 9.93. The molecule has 10 heteroatoms. The molecule has 0 spiro atoms. The molecule has 0 radical (unpaired) electrons. The minimum absolute atomic E-state index is 0.0395. The van der Waals surface area contributed by atoms with Crippen LogP contribution in [0.1, 0.15) is 29.3 Å². The van der Waals surface area contributed by atoms with Crippen LogP contribution in [-0.2, 0) is 11.2 Å². The lowest BCUT2D eigenvalue weighted by Gasteiger charge is -2.29. The molecule has 7 N–H and O–H groups in total.